The summed E-state index contributed by atoms with van der Waals surface area (Å²) in [5, 5.41) is 0. The highest BCUT2D eigenvalue weighted by Crippen LogP contribution is 2.36. The minimum absolute atomic E-state index is 0.101. The highest BCUT2D eigenvalue weighted by molar-refractivity contribution is 6.14. The van der Waals surface area contributed by atoms with Crippen molar-refractivity contribution >= 4 is 23.2 Å². The fourth-order valence-corrected chi connectivity index (χ4v) is 3.96. The molecule has 0 saturated carbocycles. The summed E-state index contributed by atoms with van der Waals surface area (Å²) in [6, 6.07) is 19.8. The Bertz CT molecular complexity index is 1130. The third kappa shape index (κ3) is 3.96. The van der Waals surface area contributed by atoms with E-state index in [0.717, 1.165) is 5.56 Å². The predicted octanol–water partition coefficient (Wildman–Crippen LogP) is 5.08. The van der Waals surface area contributed by atoms with E-state index in [-0.39, 0.29) is 24.0 Å². The normalized spacial score (nSPS) is 16.6. The summed E-state index contributed by atoms with van der Waals surface area (Å²) in [6.45, 7) is 3.94. The number of para-hydroxylation sites is 1. The van der Waals surface area contributed by atoms with Crippen molar-refractivity contribution in [1.29, 1.82) is 0 Å². The molecule has 1 saturated heterocycles. The summed E-state index contributed by atoms with van der Waals surface area (Å²) in [5.74, 6) is -0.213. The molecule has 1 aliphatic rings. The Morgan fingerprint density at radius 3 is 2.19 bits per heavy atom. The largest absolute Gasteiger partial charge is 0.497 e. The molecular weight excluding hydrogens is 407 g/mol. The molecule has 1 aliphatic heterocycles. The van der Waals surface area contributed by atoms with Crippen LogP contribution in [0.3, 0.4) is 0 Å². The van der Waals surface area contributed by atoms with E-state index in [2.05, 4.69) is 13.8 Å². The number of nitrogens with zero attached hydrogens (tertiary/aromatic N) is 2. The molecule has 3 aromatic carbocycles. The maximum atomic E-state index is 14.5. The van der Waals surface area contributed by atoms with Crippen molar-refractivity contribution in [3.05, 3.63) is 89.7 Å². The average Bonchev–Trinajstić information content (AvgIpc) is 2.81. The topological polar surface area (TPSA) is 49.9 Å². The quantitative estimate of drug-likeness (QED) is 0.565. The fraction of sp³-hybridized carbons (Fsp3) is 0.231. The molecule has 1 fully saturated rings. The molecule has 0 spiro atoms. The Kier molecular flexibility index (Phi) is 5.95. The molecule has 1 atom stereocenters. The Morgan fingerprint density at radius 2 is 1.59 bits per heavy atom. The number of benzene rings is 3. The molecular formula is C26H25FN2O3. The average molecular weight is 432 g/mol. The second kappa shape index (κ2) is 8.83. The molecule has 5 nitrogen and oxygen atoms in total. The van der Waals surface area contributed by atoms with Crippen molar-refractivity contribution < 1.29 is 18.7 Å². The maximum absolute atomic E-state index is 14.5. The van der Waals surface area contributed by atoms with E-state index in [0.29, 0.717) is 22.9 Å². The van der Waals surface area contributed by atoms with E-state index < -0.39 is 11.9 Å². The first-order valence-corrected chi connectivity index (χ1v) is 10.5. The van der Waals surface area contributed by atoms with Crippen molar-refractivity contribution in [2.24, 2.45) is 0 Å². The zero-order valence-electron chi connectivity index (χ0n) is 18.3. The summed E-state index contributed by atoms with van der Waals surface area (Å²) in [5.41, 5.74) is 2.48. The van der Waals surface area contributed by atoms with E-state index in [9.17, 15) is 14.0 Å². The van der Waals surface area contributed by atoms with Crippen LogP contribution in [-0.2, 0) is 9.59 Å². The van der Waals surface area contributed by atoms with E-state index in [4.69, 9.17) is 4.74 Å². The first kappa shape index (κ1) is 21.6. The molecule has 0 N–H and O–H groups in total. The smallest absolute Gasteiger partial charge is 0.255 e. The fourth-order valence-electron chi connectivity index (χ4n) is 3.96. The van der Waals surface area contributed by atoms with Gasteiger partial charge in [-0.2, -0.15) is 0 Å². The SMILES string of the molecule is COc1ccc(N2C(=O)CN(c3ccccc3F)C(=O)C2c2ccc(C(C)C)cc2)cc1. The molecule has 0 bridgehead atoms. The van der Waals surface area contributed by atoms with Crippen LogP contribution < -0.4 is 14.5 Å². The molecule has 2 amide bonds. The first-order chi connectivity index (χ1) is 15.4. The van der Waals surface area contributed by atoms with Crippen LogP contribution in [0.5, 0.6) is 5.75 Å². The number of halogens is 1. The van der Waals surface area contributed by atoms with Crippen LogP contribution in [0.4, 0.5) is 15.8 Å². The Balaban J connectivity index is 1.80. The minimum Gasteiger partial charge on any atom is -0.497 e. The van der Waals surface area contributed by atoms with E-state index in [1.165, 1.54) is 21.9 Å². The number of anilines is 2. The van der Waals surface area contributed by atoms with Gasteiger partial charge in [0.1, 0.15) is 24.2 Å². The van der Waals surface area contributed by atoms with Crippen molar-refractivity contribution in [2.75, 3.05) is 23.5 Å². The zero-order valence-corrected chi connectivity index (χ0v) is 18.3. The second-order valence-corrected chi connectivity index (χ2v) is 8.06. The third-order valence-corrected chi connectivity index (χ3v) is 5.73. The van der Waals surface area contributed by atoms with Crippen LogP contribution in [0.1, 0.15) is 36.9 Å². The summed E-state index contributed by atoms with van der Waals surface area (Å²) >= 11 is 0. The van der Waals surface area contributed by atoms with Gasteiger partial charge in [0.25, 0.3) is 5.91 Å². The minimum atomic E-state index is -0.912. The molecule has 4 rings (SSSR count). The van der Waals surface area contributed by atoms with Gasteiger partial charge in [-0.05, 0) is 53.4 Å². The molecule has 1 unspecified atom stereocenters. The van der Waals surface area contributed by atoms with Crippen LogP contribution in [0.2, 0.25) is 0 Å². The number of methoxy groups -OCH3 is 1. The third-order valence-electron chi connectivity index (χ3n) is 5.73. The van der Waals surface area contributed by atoms with Crippen molar-refractivity contribution in [2.45, 2.75) is 25.8 Å². The molecule has 0 aliphatic carbocycles. The van der Waals surface area contributed by atoms with E-state index >= 15 is 0 Å². The monoisotopic (exact) mass is 432 g/mol. The molecule has 3 aromatic rings. The molecule has 164 valence electrons. The standard InChI is InChI=1S/C26H25FN2O3/c1-17(2)18-8-10-19(11-9-18)25-26(31)28(23-7-5-4-6-22(23)27)16-24(30)29(25)20-12-14-21(32-3)15-13-20/h4-15,17,25H,16H2,1-3H3. The van der Waals surface area contributed by atoms with E-state index in [1.54, 1.807) is 43.5 Å². The number of hydrogen-bond acceptors (Lipinski definition) is 3. The second-order valence-electron chi connectivity index (χ2n) is 8.06. The summed E-state index contributed by atoms with van der Waals surface area (Å²) in [7, 11) is 1.57. The van der Waals surface area contributed by atoms with Gasteiger partial charge in [-0.3, -0.25) is 19.4 Å². The van der Waals surface area contributed by atoms with E-state index in [1.807, 2.05) is 24.3 Å². The number of carbonyl (C=O) groups is 2. The summed E-state index contributed by atoms with van der Waals surface area (Å²) < 4.78 is 19.7. The van der Waals surface area contributed by atoms with Crippen LogP contribution in [0.25, 0.3) is 0 Å². The number of hydrogen-bond donors (Lipinski definition) is 0. The molecule has 6 heteroatoms. The Hall–Kier alpha value is -3.67. The molecule has 32 heavy (non-hydrogen) atoms. The molecule has 0 aromatic heterocycles. The van der Waals surface area contributed by atoms with Crippen molar-refractivity contribution in [1.82, 2.24) is 0 Å². The maximum Gasteiger partial charge on any atom is 0.255 e. The zero-order chi connectivity index (χ0) is 22.8. The number of ether oxygens (including phenoxy) is 1. The van der Waals surface area contributed by atoms with Crippen LogP contribution >= 0.6 is 0 Å². The lowest BCUT2D eigenvalue weighted by atomic mass is 9.95. The van der Waals surface area contributed by atoms with Gasteiger partial charge in [0.2, 0.25) is 5.91 Å². The van der Waals surface area contributed by atoms with Gasteiger partial charge >= 0.3 is 0 Å². The Labute approximate surface area is 187 Å². The number of amides is 2. The van der Waals surface area contributed by atoms with Gasteiger partial charge in [-0.25, -0.2) is 4.39 Å². The first-order valence-electron chi connectivity index (χ1n) is 10.5. The molecule has 1 heterocycles. The van der Waals surface area contributed by atoms with Crippen LogP contribution in [-0.4, -0.2) is 25.5 Å². The summed E-state index contributed by atoms with van der Waals surface area (Å²) in [4.78, 5) is 29.7. The summed E-state index contributed by atoms with van der Waals surface area (Å²) in [6.07, 6.45) is 0. The highest BCUT2D eigenvalue weighted by Gasteiger charge is 2.42. The van der Waals surface area contributed by atoms with Gasteiger partial charge in [-0.1, -0.05) is 50.2 Å². The number of carbonyl (C=O) groups excluding carboxylic acids is 2. The van der Waals surface area contributed by atoms with Gasteiger partial charge in [0, 0.05) is 5.69 Å². The van der Waals surface area contributed by atoms with Gasteiger partial charge in [0.15, 0.2) is 0 Å². The van der Waals surface area contributed by atoms with Crippen LogP contribution in [0.15, 0.2) is 72.8 Å². The van der Waals surface area contributed by atoms with Crippen LogP contribution in [0, 0.1) is 5.82 Å². The van der Waals surface area contributed by atoms with Crippen molar-refractivity contribution in [3.63, 3.8) is 0 Å². The lowest BCUT2D eigenvalue weighted by Crippen LogP contribution is -2.56. The Morgan fingerprint density at radius 1 is 0.938 bits per heavy atom. The molecule has 0 radical (unpaired) electrons. The van der Waals surface area contributed by atoms with Gasteiger partial charge < -0.3 is 4.74 Å². The highest BCUT2D eigenvalue weighted by atomic mass is 19.1. The predicted molar refractivity (Wildman–Crippen MR) is 123 cm³/mol. The number of rotatable bonds is 5. The number of piperazine rings is 1. The van der Waals surface area contributed by atoms with Crippen molar-refractivity contribution in [3.8, 4) is 5.75 Å². The lowest BCUT2D eigenvalue weighted by molar-refractivity contribution is -0.128. The van der Waals surface area contributed by atoms with Gasteiger partial charge in [-0.15, -0.1) is 0 Å². The lowest BCUT2D eigenvalue weighted by Gasteiger charge is -2.40. The van der Waals surface area contributed by atoms with Gasteiger partial charge in [0.05, 0.1) is 12.8 Å².